The molecule has 0 aromatic heterocycles. The lowest BCUT2D eigenvalue weighted by Gasteiger charge is -2.21. The van der Waals surface area contributed by atoms with E-state index in [-0.39, 0.29) is 17.1 Å². The van der Waals surface area contributed by atoms with Crippen LogP contribution in [0.2, 0.25) is 0 Å². The minimum atomic E-state index is -1.02. The van der Waals surface area contributed by atoms with Crippen LogP contribution in [0.1, 0.15) is 26.3 Å². The van der Waals surface area contributed by atoms with Crippen LogP contribution in [0.25, 0.3) is 0 Å². The number of amides is 1. The van der Waals surface area contributed by atoms with E-state index in [0.29, 0.717) is 0 Å². The van der Waals surface area contributed by atoms with E-state index in [2.05, 4.69) is 5.32 Å². The van der Waals surface area contributed by atoms with Crippen molar-refractivity contribution in [2.75, 3.05) is 0 Å². The maximum Gasteiger partial charge on any atom is 0.325 e. The molecule has 0 saturated carbocycles. The fourth-order valence-corrected chi connectivity index (χ4v) is 2.86. The van der Waals surface area contributed by atoms with Crippen LogP contribution >= 0.6 is 11.8 Å². The fourth-order valence-electron chi connectivity index (χ4n) is 1.69. The molecule has 0 spiro atoms. The summed E-state index contributed by atoms with van der Waals surface area (Å²) in [5, 5.41) is 11.1. The second kappa shape index (κ2) is 7.94. The quantitative estimate of drug-likeness (QED) is 0.811. The summed E-state index contributed by atoms with van der Waals surface area (Å²) in [7, 11) is 0. The normalized spacial score (nSPS) is 13.8. The molecular formula is C15H21NO3S. The average molecular weight is 295 g/mol. The molecule has 2 atom stereocenters. The van der Waals surface area contributed by atoms with Crippen molar-refractivity contribution in [3.63, 3.8) is 0 Å². The second-order valence-corrected chi connectivity index (χ2v) is 6.16. The van der Waals surface area contributed by atoms with Gasteiger partial charge in [0.2, 0.25) is 5.91 Å². The molecule has 5 heteroatoms. The van der Waals surface area contributed by atoms with Gasteiger partial charge < -0.3 is 10.4 Å². The van der Waals surface area contributed by atoms with Crippen molar-refractivity contribution in [2.45, 2.75) is 37.8 Å². The van der Waals surface area contributed by atoms with E-state index in [1.807, 2.05) is 44.2 Å². The first-order chi connectivity index (χ1) is 9.41. The van der Waals surface area contributed by atoms with Crippen molar-refractivity contribution >= 4 is 23.6 Å². The lowest BCUT2D eigenvalue weighted by Crippen LogP contribution is -2.44. The number of hydrogen-bond acceptors (Lipinski definition) is 3. The smallest absolute Gasteiger partial charge is 0.325 e. The standard InChI is InChI=1S/C15H21NO3S/c1-10(2)13(14(17)16-11(3)15(18)19)20-9-12-7-5-4-6-8-12/h4-8,10-11,13H,9H2,1-3H3,(H,16,17)(H,18,19)/t11-,13?/m0/s1. The molecule has 0 aliphatic carbocycles. The molecule has 0 aliphatic rings. The average Bonchev–Trinajstić information content (AvgIpc) is 2.39. The molecule has 0 aliphatic heterocycles. The summed E-state index contributed by atoms with van der Waals surface area (Å²) in [6.07, 6.45) is 0. The lowest BCUT2D eigenvalue weighted by molar-refractivity contribution is -0.141. The van der Waals surface area contributed by atoms with Crippen molar-refractivity contribution in [1.29, 1.82) is 0 Å². The molecule has 0 saturated heterocycles. The van der Waals surface area contributed by atoms with E-state index >= 15 is 0 Å². The number of carboxylic acid groups (broad SMARTS) is 1. The molecular weight excluding hydrogens is 274 g/mol. The van der Waals surface area contributed by atoms with Crippen molar-refractivity contribution in [2.24, 2.45) is 5.92 Å². The largest absolute Gasteiger partial charge is 0.480 e. The molecule has 0 fully saturated rings. The zero-order chi connectivity index (χ0) is 15.1. The highest BCUT2D eigenvalue weighted by Gasteiger charge is 2.25. The number of carbonyl (C=O) groups excluding carboxylic acids is 1. The number of nitrogens with one attached hydrogen (secondary N) is 1. The topological polar surface area (TPSA) is 66.4 Å². The van der Waals surface area contributed by atoms with E-state index in [1.165, 1.54) is 18.7 Å². The van der Waals surface area contributed by atoms with E-state index in [4.69, 9.17) is 5.11 Å². The molecule has 110 valence electrons. The van der Waals surface area contributed by atoms with Gasteiger partial charge in [0.1, 0.15) is 6.04 Å². The van der Waals surface area contributed by atoms with Crippen LogP contribution in [0.4, 0.5) is 0 Å². The molecule has 0 heterocycles. The van der Waals surface area contributed by atoms with Gasteiger partial charge in [0, 0.05) is 5.75 Å². The Morgan fingerprint density at radius 3 is 2.30 bits per heavy atom. The summed E-state index contributed by atoms with van der Waals surface area (Å²) < 4.78 is 0. The minimum absolute atomic E-state index is 0.143. The zero-order valence-corrected chi connectivity index (χ0v) is 12.8. The Kier molecular flexibility index (Phi) is 6.58. The molecule has 4 nitrogen and oxygen atoms in total. The number of hydrogen-bond donors (Lipinski definition) is 2. The summed E-state index contributed by atoms with van der Waals surface area (Å²) in [6.45, 7) is 5.40. The molecule has 2 N–H and O–H groups in total. The number of thioether (sulfide) groups is 1. The number of carboxylic acids is 1. The van der Waals surface area contributed by atoms with Gasteiger partial charge >= 0.3 is 5.97 Å². The van der Waals surface area contributed by atoms with Crippen LogP contribution in [0.5, 0.6) is 0 Å². The van der Waals surface area contributed by atoms with Gasteiger partial charge in [0.05, 0.1) is 5.25 Å². The van der Waals surface area contributed by atoms with E-state index in [9.17, 15) is 9.59 Å². The van der Waals surface area contributed by atoms with Crippen molar-refractivity contribution < 1.29 is 14.7 Å². The van der Waals surface area contributed by atoms with Gasteiger partial charge in [-0.15, -0.1) is 11.8 Å². The molecule has 0 bridgehead atoms. The first-order valence-corrected chi connectivity index (χ1v) is 7.65. The molecule has 1 rings (SSSR count). The third-order valence-electron chi connectivity index (χ3n) is 2.87. The lowest BCUT2D eigenvalue weighted by atomic mass is 10.1. The van der Waals surface area contributed by atoms with Crippen LogP contribution < -0.4 is 5.32 Å². The Balaban J connectivity index is 2.60. The summed E-state index contributed by atoms with van der Waals surface area (Å²) in [5.74, 6) is -0.354. The number of aliphatic carboxylic acids is 1. The Hall–Kier alpha value is -1.49. The summed E-state index contributed by atoms with van der Waals surface area (Å²) >= 11 is 1.54. The Morgan fingerprint density at radius 1 is 1.20 bits per heavy atom. The third kappa shape index (κ3) is 5.25. The molecule has 20 heavy (non-hydrogen) atoms. The van der Waals surface area contributed by atoms with Gasteiger partial charge in [-0.3, -0.25) is 9.59 Å². The SMILES string of the molecule is CC(C)C(SCc1ccccc1)C(=O)N[C@@H](C)C(=O)O. The van der Waals surface area contributed by atoms with Crippen LogP contribution in [0, 0.1) is 5.92 Å². The predicted molar refractivity (Wildman–Crippen MR) is 81.6 cm³/mol. The Labute approximate surface area is 124 Å². The monoisotopic (exact) mass is 295 g/mol. The molecule has 0 radical (unpaired) electrons. The van der Waals surface area contributed by atoms with Gasteiger partial charge in [-0.05, 0) is 18.4 Å². The highest BCUT2D eigenvalue weighted by molar-refractivity contribution is 7.99. The van der Waals surface area contributed by atoms with Gasteiger partial charge in [0.15, 0.2) is 0 Å². The highest BCUT2D eigenvalue weighted by Crippen LogP contribution is 2.24. The fraction of sp³-hybridized carbons (Fsp3) is 0.467. The Bertz CT molecular complexity index is 448. The van der Waals surface area contributed by atoms with Gasteiger partial charge in [-0.25, -0.2) is 0 Å². The van der Waals surface area contributed by atoms with Crippen molar-refractivity contribution in [3.8, 4) is 0 Å². The second-order valence-electron chi connectivity index (χ2n) is 5.03. The number of carbonyl (C=O) groups is 2. The van der Waals surface area contributed by atoms with Crippen LogP contribution in [-0.2, 0) is 15.3 Å². The summed E-state index contributed by atoms with van der Waals surface area (Å²) in [4.78, 5) is 22.9. The maximum absolute atomic E-state index is 12.1. The first kappa shape index (κ1) is 16.6. The minimum Gasteiger partial charge on any atom is -0.480 e. The highest BCUT2D eigenvalue weighted by atomic mass is 32.2. The van der Waals surface area contributed by atoms with Crippen LogP contribution in [0.15, 0.2) is 30.3 Å². The van der Waals surface area contributed by atoms with E-state index in [0.717, 1.165) is 11.3 Å². The van der Waals surface area contributed by atoms with E-state index < -0.39 is 12.0 Å². The third-order valence-corrected chi connectivity index (χ3v) is 4.48. The van der Waals surface area contributed by atoms with Crippen molar-refractivity contribution in [3.05, 3.63) is 35.9 Å². The molecule has 1 unspecified atom stereocenters. The summed E-state index contributed by atoms with van der Waals surface area (Å²) in [5.41, 5.74) is 1.15. The van der Waals surface area contributed by atoms with Gasteiger partial charge in [-0.2, -0.15) is 0 Å². The maximum atomic E-state index is 12.1. The van der Waals surface area contributed by atoms with E-state index in [1.54, 1.807) is 0 Å². The number of rotatable bonds is 7. The van der Waals surface area contributed by atoms with Crippen LogP contribution in [0.3, 0.4) is 0 Å². The zero-order valence-electron chi connectivity index (χ0n) is 12.0. The first-order valence-electron chi connectivity index (χ1n) is 6.60. The van der Waals surface area contributed by atoms with Crippen LogP contribution in [-0.4, -0.2) is 28.3 Å². The predicted octanol–water partition coefficient (Wildman–Crippen LogP) is 2.53. The van der Waals surface area contributed by atoms with Gasteiger partial charge in [-0.1, -0.05) is 44.2 Å². The summed E-state index contributed by atoms with van der Waals surface area (Å²) in [6, 6.07) is 9.06. The molecule has 1 aromatic carbocycles. The number of benzene rings is 1. The Morgan fingerprint density at radius 2 is 1.80 bits per heavy atom. The van der Waals surface area contributed by atoms with Crippen molar-refractivity contribution in [1.82, 2.24) is 5.32 Å². The molecule has 1 aromatic rings. The van der Waals surface area contributed by atoms with Gasteiger partial charge in [0.25, 0.3) is 0 Å². The molecule has 1 amide bonds.